The van der Waals surface area contributed by atoms with E-state index in [-0.39, 0.29) is 0 Å². The van der Waals surface area contributed by atoms with Gasteiger partial charge in [0.1, 0.15) is 5.52 Å². The van der Waals surface area contributed by atoms with Crippen LogP contribution in [0.5, 0.6) is 11.6 Å². The van der Waals surface area contributed by atoms with Gasteiger partial charge in [0.2, 0.25) is 5.88 Å². The Hall–Kier alpha value is -2.08. The first-order valence-electron chi connectivity index (χ1n) is 5.26. The fourth-order valence-corrected chi connectivity index (χ4v) is 2.10. The number of rotatable bonds is 2. The minimum absolute atomic E-state index is 0.466. The molecule has 0 radical (unpaired) electrons. The molecule has 0 amide bonds. The standard InChI is InChI=1S/C12H9BrN4O/c13-8-2-1-3-9(14)11(8)18-12-10-4-5-16-17(10)7-6-15-12/h1-7H,14H2. The van der Waals surface area contributed by atoms with Crippen LogP contribution in [0.1, 0.15) is 0 Å². The lowest BCUT2D eigenvalue weighted by molar-refractivity contribution is 0.465. The molecule has 90 valence electrons. The first kappa shape index (κ1) is 11.0. The molecule has 0 fully saturated rings. The van der Waals surface area contributed by atoms with Crippen LogP contribution < -0.4 is 10.5 Å². The van der Waals surface area contributed by atoms with Crippen LogP contribution in [0.15, 0.2) is 47.3 Å². The molecule has 0 spiro atoms. The summed E-state index contributed by atoms with van der Waals surface area (Å²) in [4.78, 5) is 4.20. The monoisotopic (exact) mass is 304 g/mol. The number of benzene rings is 1. The van der Waals surface area contributed by atoms with Crippen LogP contribution in [0.3, 0.4) is 0 Å². The van der Waals surface area contributed by atoms with Gasteiger partial charge in [-0.2, -0.15) is 5.10 Å². The van der Waals surface area contributed by atoms with Gasteiger partial charge in [-0.15, -0.1) is 0 Å². The van der Waals surface area contributed by atoms with Crippen LogP contribution in [-0.2, 0) is 0 Å². The van der Waals surface area contributed by atoms with Crippen molar-refractivity contribution in [1.82, 2.24) is 14.6 Å². The highest BCUT2D eigenvalue weighted by atomic mass is 79.9. The van der Waals surface area contributed by atoms with E-state index in [1.165, 1.54) is 0 Å². The molecule has 0 unspecified atom stereocenters. The van der Waals surface area contributed by atoms with Crippen molar-refractivity contribution in [2.24, 2.45) is 0 Å². The Balaban J connectivity index is 2.09. The molecule has 3 rings (SSSR count). The number of fused-ring (bicyclic) bond motifs is 1. The number of ether oxygens (including phenoxy) is 1. The molecule has 0 aliphatic heterocycles. The first-order chi connectivity index (χ1) is 8.75. The zero-order chi connectivity index (χ0) is 12.5. The largest absolute Gasteiger partial charge is 0.434 e. The maximum Gasteiger partial charge on any atom is 0.245 e. The number of hydrogen-bond acceptors (Lipinski definition) is 4. The molecular weight excluding hydrogens is 296 g/mol. The maximum atomic E-state index is 5.88. The maximum absolute atomic E-state index is 5.88. The van der Waals surface area contributed by atoms with Crippen molar-refractivity contribution in [1.29, 1.82) is 0 Å². The number of anilines is 1. The van der Waals surface area contributed by atoms with Gasteiger partial charge in [-0.3, -0.25) is 0 Å². The summed E-state index contributed by atoms with van der Waals surface area (Å²) in [6.07, 6.45) is 5.07. The molecule has 5 nitrogen and oxygen atoms in total. The zero-order valence-electron chi connectivity index (χ0n) is 9.25. The molecule has 0 bridgehead atoms. The van der Waals surface area contributed by atoms with Crippen LogP contribution in [0.2, 0.25) is 0 Å². The van der Waals surface area contributed by atoms with Gasteiger partial charge in [0.05, 0.1) is 16.4 Å². The molecule has 18 heavy (non-hydrogen) atoms. The average Bonchev–Trinajstić information content (AvgIpc) is 2.83. The smallest absolute Gasteiger partial charge is 0.245 e. The quantitative estimate of drug-likeness (QED) is 0.739. The van der Waals surface area contributed by atoms with E-state index in [9.17, 15) is 0 Å². The third-order valence-corrected chi connectivity index (χ3v) is 3.11. The van der Waals surface area contributed by atoms with E-state index in [2.05, 4.69) is 26.0 Å². The molecular formula is C12H9BrN4O. The Morgan fingerprint density at radius 2 is 2.11 bits per heavy atom. The second-order valence-corrected chi connectivity index (χ2v) is 4.51. The summed E-state index contributed by atoms with van der Waals surface area (Å²) in [7, 11) is 0. The van der Waals surface area contributed by atoms with E-state index in [0.29, 0.717) is 17.3 Å². The topological polar surface area (TPSA) is 65.4 Å². The normalized spacial score (nSPS) is 10.7. The van der Waals surface area contributed by atoms with Crippen molar-refractivity contribution >= 4 is 27.1 Å². The fraction of sp³-hybridized carbons (Fsp3) is 0. The number of aromatic nitrogens is 3. The number of hydrogen-bond donors (Lipinski definition) is 1. The summed E-state index contributed by atoms with van der Waals surface area (Å²) < 4.78 is 8.24. The lowest BCUT2D eigenvalue weighted by Gasteiger charge is -2.09. The second-order valence-electron chi connectivity index (χ2n) is 3.65. The Morgan fingerprint density at radius 1 is 1.22 bits per heavy atom. The Morgan fingerprint density at radius 3 is 2.94 bits per heavy atom. The molecule has 2 N–H and O–H groups in total. The number of nitrogens with two attached hydrogens (primary N) is 1. The zero-order valence-corrected chi connectivity index (χ0v) is 10.8. The SMILES string of the molecule is Nc1cccc(Br)c1Oc1nccn2nccc12. The molecule has 1 aromatic carbocycles. The highest BCUT2D eigenvalue weighted by Gasteiger charge is 2.10. The number of nitrogen functional groups attached to an aromatic ring is 1. The summed E-state index contributed by atoms with van der Waals surface area (Å²) >= 11 is 3.40. The summed E-state index contributed by atoms with van der Waals surface area (Å²) in [5.41, 5.74) is 7.22. The summed E-state index contributed by atoms with van der Waals surface area (Å²) in [5, 5.41) is 4.12. The van der Waals surface area contributed by atoms with E-state index in [4.69, 9.17) is 10.5 Å². The predicted molar refractivity (Wildman–Crippen MR) is 71.6 cm³/mol. The van der Waals surface area contributed by atoms with Gasteiger partial charge in [-0.25, -0.2) is 9.50 Å². The number of halogens is 1. The van der Waals surface area contributed by atoms with E-state index in [1.54, 1.807) is 29.2 Å². The van der Waals surface area contributed by atoms with Gasteiger partial charge in [0.25, 0.3) is 0 Å². The van der Waals surface area contributed by atoms with E-state index in [0.717, 1.165) is 9.99 Å². The first-order valence-corrected chi connectivity index (χ1v) is 6.05. The van der Waals surface area contributed by atoms with Gasteiger partial charge in [-0.05, 0) is 34.1 Å². The summed E-state index contributed by atoms with van der Waals surface area (Å²) in [6.45, 7) is 0. The van der Waals surface area contributed by atoms with Gasteiger partial charge in [-0.1, -0.05) is 6.07 Å². The Labute approximate surface area is 111 Å². The number of nitrogens with zero attached hydrogens (tertiary/aromatic N) is 3. The lowest BCUT2D eigenvalue weighted by atomic mass is 10.3. The molecule has 3 aromatic rings. The Bertz CT molecular complexity index is 690. The highest BCUT2D eigenvalue weighted by molar-refractivity contribution is 9.10. The second kappa shape index (κ2) is 4.30. The van der Waals surface area contributed by atoms with Gasteiger partial charge in [0, 0.05) is 12.4 Å². The van der Waals surface area contributed by atoms with Gasteiger partial charge < -0.3 is 10.5 Å². The molecule has 0 saturated carbocycles. The third-order valence-electron chi connectivity index (χ3n) is 2.49. The van der Waals surface area contributed by atoms with Gasteiger partial charge in [0.15, 0.2) is 5.75 Å². The van der Waals surface area contributed by atoms with E-state index < -0.39 is 0 Å². The Kier molecular flexibility index (Phi) is 2.64. The third kappa shape index (κ3) is 1.80. The molecule has 2 aromatic heterocycles. The van der Waals surface area contributed by atoms with Crippen molar-refractivity contribution in [3.8, 4) is 11.6 Å². The minimum atomic E-state index is 0.466. The molecule has 0 aliphatic rings. The van der Waals surface area contributed by atoms with Crippen LogP contribution in [0.4, 0.5) is 5.69 Å². The van der Waals surface area contributed by atoms with Crippen LogP contribution in [-0.4, -0.2) is 14.6 Å². The molecule has 6 heteroatoms. The van der Waals surface area contributed by atoms with Crippen molar-refractivity contribution in [2.75, 3.05) is 5.73 Å². The van der Waals surface area contributed by atoms with Crippen molar-refractivity contribution in [3.63, 3.8) is 0 Å². The fourth-order valence-electron chi connectivity index (χ4n) is 1.64. The molecule has 0 saturated heterocycles. The summed E-state index contributed by atoms with van der Waals surface area (Å²) in [6, 6.07) is 7.31. The minimum Gasteiger partial charge on any atom is -0.434 e. The van der Waals surface area contributed by atoms with Crippen molar-refractivity contribution < 1.29 is 4.74 Å². The van der Waals surface area contributed by atoms with E-state index >= 15 is 0 Å². The summed E-state index contributed by atoms with van der Waals surface area (Å²) in [5.74, 6) is 1.02. The van der Waals surface area contributed by atoms with E-state index in [1.807, 2.05) is 18.2 Å². The average molecular weight is 305 g/mol. The van der Waals surface area contributed by atoms with Crippen molar-refractivity contribution in [2.45, 2.75) is 0 Å². The molecule has 0 aliphatic carbocycles. The molecule has 0 atom stereocenters. The number of para-hydroxylation sites is 1. The predicted octanol–water partition coefficient (Wildman–Crippen LogP) is 2.87. The highest BCUT2D eigenvalue weighted by Crippen LogP contribution is 2.35. The van der Waals surface area contributed by atoms with Crippen LogP contribution in [0, 0.1) is 0 Å². The van der Waals surface area contributed by atoms with Crippen LogP contribution >= 0.6 is 15.9 Å². The van der Waals surface area contributed by atoms with Crippen LogP contribution in [0.25, 0.3) is 5.52 Å². The van der Waals surface area contributed by atoms with Gasteiger partial charge >= 0.3 is 0 Å². The molecule has 2 heterocycles. The lowest BCUT2D eigenvalue weighted by Crippen LogP contribution is -1.97. The van der Waals surface area contributed by atoms with Crippen molar-refractivity contribution in [3.05, 3.63) is 47.3 Å².